The quantitative estimate of drug-likeness (QED) is 0.776. The van der Waals surface area contributed by atoms with Crippen LogP contribution in [0.1, 0.15) is 26.7 Å². The SMILES string of the molecule is CC(=O)N1c2ccc(-c3cccc(S(C)(=O)=O)c3)cc2N(C(=O)C2CC2)CC1C. The number of hydrogen-bond acceptors (Lipinski definition) is 4. The van der Waals surface area contributed by atoms with E-state index in [1.165, 1.54) is 13.2 Å². The fraction of sp³-hybridized carbons (Fsp3) is 0.364. The topological polar surface area (TPSA) is 74.8 Å². The van der Waals surface area contributed by atoms with E-state index in [0.717, 1.165) is 24.0 Å². The van der Waals surface area contributed by atoms with Crippen LogP contribution in [-0.4, -0.2) is 39.1 Å². The van der Waals surface area contributed by atoms with E-state index in [2.05, 4.69) is 0 Å². The van der Waals surface area contributed by atoms with E-state index >= 15 is 0 Å². The third-order valence-corrected chi connectivity index (χ3v) is 6.65. The maximum absolute atomic E-state index is 12.9. The molecule has 6 nitrogen and oxygen atoms in total. The molecular formula is C22H24N2O4S. The van der Waals surface area contributed by atoms with Crippen LogP contribution in [0.15, 0.2) is 47.4 Å². The number of amides is 2. The first-order chi connectivity index (χ1) is 13.7. The van der Waals surface area contributed by atoms with Crippen molar-refractivity contribution in [3.63, 3.8) is 0 Å². The predicted octanol–water partition coefficient (Wildman–Crippen LogP) is 3.26. The molecule has 0 spiro atoms. The maximum atomic E-state index is 12.9. The minimum absolute atomic E-state index is 0.0657. The first-order valence-electron chi connectivity index (χ1n) is 9.72. The maximum Gasteiger partial charge on any atom is 0.230 e. The normalized spacial score (nSPS) is 19.1. The smallest absolute Gasteiger partial charge is 0.230 e. The summed E-state index contributed by atoms with van der Waals surface area (Å²) in [5.41, 5.74) is 2.98. The van der Waals surface area contributed by atoms with Crippen molar-refractivity contribution in [3.8, 4) is 11.1 Å². The van der Waals surface area contributed by atoms with Crippen LogP contribution in [0.3, 0.4) is 0 Å². The summed E-state index contributed by atoms with van der Waals surface area (Å²) in [6, 6.07) is 12.3. The molecule has 7 heteroatoms. The summed E-state index contributed by atoms with van der Waals surface area (Å²) in [6.45, 7) is 3.93. The molecule has 152 valence electrons. The molecule has 2 aromatic rings. The number of carbonyl (C=O) groups is 2. The third-order valence-electron chi connectivity index (χ3n) is 5.54. The van der Waals surface area contributed by atoms with E-state index in [0.29, 0.717) is 17.9 Å². The van der Waals surface area contributed by atoms with Gasteiger partial charge in [0.25, 0.3) is 0 Å². The molecule has 0 saturated heterocycles. The summed E-state index contributed by atoms with van der Waals surface area (Å²) >= 11 is 0. The van der Waals surface area contributed by atoms with Gasteiger partial charge in [-0.15, -0.1) is 0 Å². The highest BCUT2D eigenvalue weighted by molar-refractivity contribution is 7.90. The van der Waals surface area contributed by atoms with Gasteiger partial charge in [-0.1, -0.05) is 18.2 Å². The Bertz CT molecular complexity index is 1110. The fourth-order valence-corrected chi connectivity index (χ4v) is 4.62. The van der Waals surface area contributed by atoms with Crippen LogP contribution in [0.25, 0.3) is 11.1 Å². The lowest BCUT2D eigenvalue weighted by Gasteiger charge is -2.41. The zero-order chi connectivity index (χ0) is 20.9. The van der Waals surface area contributed by atoms with Crippen molar-refractivity contribution in [2.75, 3.05) is 22.6 Å². The Kier molecular flexibility index (Phi) is 4.73. The highest BCUT2D eigenvalue weighted by Gasteiger charge is 2.39. The molecule has 1 fully saturated rings. The molecule has 1 atom stereocenters. The Morgan fingerprint density at radius 1 is 1.00 bits per heavy atom. The van der Waals surface area contributed by atoms with E-state index < -0.39 is 9.84 Å². The molecule has 0 aromatic heterocycles. The summed E-state index contributed by atoms with van der Waals surface area (Å²) in [6.07, 6.45) is 3.00. The van der Waals surface area contributed by atoms with Crippen molar-refractivity contribution < 1.29 is 18.0 Å². The number of nitrogens with zero attached hydrogens (tertiary/aromatic N) is 2. The van der Waals surface area contributed by atoms with Gasteiger partial charge in [-0.25, -0.2) is 8.42 Å². The molecule has 1 heterocycles. The number of sulfone groups is 1. The predicted molar refractivity (Wildman–Crippen MR) is 113 cm³/mol. The van der Waals surface area contributed by atoms with Crippen molar-refractivity contribution in [2.45, 2.75) is 37.6 Å². The second kappa shape index (κ2) is 6.99. The van der Waals surface area contributed by atoms with Gasteiger partial charge in [0, 0.05) is 25.6 Å². The number of rotatable bonds is 3. The van der Waals surface area contributed by atoms with Gasteiger partial charge < -0.3 is 9.80 Å². The van der Waals surface area contributed by atoms with E-state index in [9.17, 15) is 18.0 Å². The van der Waals surface area contributed by atoms with Gasteiger partial charge in [-0.05, 0) is 55.2 Å². The number of anilines is 2. The second-order valence-corrected chi connectivity index (χ2v) is 9.98. The van der Waals surface area contributed by atoms with Gasteiger partial charge in [-0.3, -0.25) is 9.59 Å². The van der Waals surface area contributed by atoms with Gasteiger partial charge in [0.05, 0.1) is 22.3 Å². The summed E-state index contributed by atoms with van der Waals surface area (Å²) in [7, 11) is -3.32. The number of hydrogen-bond donors (Lipinski definition) is 0. The molecule has 0 bridgehead atoms. The van der Waals surface area contributed by atoms with Gasteiger partial charge in [0.15, 0.2) is 9.84 Å². The highest BCUT2D eigenvalue weighted by Crippen LogP contribution is 2.42. The van der Waals surface area contributed by atoms with Crippen LogP contribution in [0, 0.1) is 5.92 Å². The summed E-state index contributed by atoms with van der Waals surface area (Å²) in [4.78, 5) is 28.9. The van der Waals surface area contributed by atoms with Gasteiger partial charge in [0.1, 0.15) is 0 Å². The molecule has 0 radical (unpaired) electrons. The molecule has 1 aliphatic carbocycles. The van der Waals surface area contributed by atoms with Gasteiger partial charge in [0.2, 0.25) is 11.8 Å². The Morgan fingerprint density at radius 2 is 1.69 bits per heavy atom. The molecule has 29 heavy (non-hydrogen) atoms. The highest BCUT2D eigenvalue weighted by atomic mass is 32.2. The number of carbonyl (C=O) groups excluding carboxylic acids is 2. The first-order valence-corrected chi connectivity index (χ1v) is 11.6. The van der Waals surface area contributed by atoms with Crippen LogP contribution in [0.5, 0.6) is 0 Å². The average Bonchev–Trinajstić information content (AvgIpc) is 3.51. The molecule has 1 aliphatic heterocycles. The Balaban J connectivity index is 1.83. The van der Waals surface area contributed by atoms with Crippen LogP contribution in [0.2, 0.25) is 0 Å². The van der Waals surface area contributed by atoms with Crippen LogP contribution >= 0.6 is 0 Å². The lowest BCUT2D eigenvalue weighted by atomic mass is 10.00. The zero-order valence-corrected chi connectivity index (χ0v) is 17.6. The van der Waals surface area contributed by atoms with Gasteiger partial charge >= 0.3 is 0 Å². The van der Waals surface area contributed by atoms with Crippen LogP contribution < -0.4 is 9.80 Å². The van der Waals surface area contributed by atoms with Crippen molar-refractivity contribution in [2.24, 2.45) is 5.92 Å². The number of fused-ring (bicyclic) bond motifs is 1. The van der Waals surface area contributed by atoms with E-state index in [1.807, 2.05) is 31.2 Å². The van der Waals surface area contributed by atoms with Crippen LogP contribution in [-0.2, 0) is 19.4 Å². The summed E-state index contributed by atoms with van der Waals surface area (Å²) in [5, 5.41) is 0. The van der Waals surface area contributed by atoms with E-state index in [4.69, 9.17) is 0 Å². The Hall–Kier alpha value is -2.67. The number of benzene rings is 2. The minimum atomic E-state index is -3.32. The standard InChI is InChI=1S/C22H24N2O4S/c1-14-13-23(22(26)16-7-8-16)21-12-18(9-10-20(21)24(14)15(2)25)17-5-4-6-19(11-17)29(3,27)28/h4-6,9-12,14,16H,7-8,13H2,1-3H3. The van der Waals surface area contributed by atoms with Crippen molar-refractivity contribution in [3.05, 3.63) is 42.5 Å². The molecule has 1 unspecified atom stereocenters. The minimum Gasteiger partial charge on any atom is -0.308 e. The van der Waals surface area contributed by atoms with Gasteiger partial charge in [-0.2, -0.15) is 0 Å². The fourth-order valence-electron chi connectivity index (χ4n) is 3.95. The summed E-state index contributed by atoms with van der Waals surface area (Å²) < 4.78 is 23.9. The lowest BCUT2D eigenvalue weighted by molar-refractivity contribution is -0.120. The largest absolute Gasteiger partial charge is 0.308 e. The molecule has 4 rings (SSSR count). The lowest BCUT2D eigenvalue weighted by Crippen LogP contribution is -2.51. The Labute approximate surface area is 171 Å². The van der Waals surface area contributed by atoms with Crippen molar-refractivity contribution >= 4 is 33.0 Å². The average molecular weight is 413 g/mol. The van der Waals surface area contributed by atoms with Crippen molar-refractivity contribution in [1.29, 1.82) is 0 Å². The molecule has 1 saturated carbocycles. The third kappa shape index (κ3) is 3.67. The van der Waals surface area contributed by atoms with Crippen molar-refractivity contribution in [1.82, 2.24) is 0 Å². The van der Waals surface area contributed by atoms with E-state index in [1.54, 1.807) is 28.0 Å². The monoisotopic (exact) mass is 412 g/mol. The first kappa shape index (κ1) is 19.6. The second-order valence-electron chi connectivity index (χ2n) is 7.96. The summed E-state index contributed by atoms with van der Waals surface area (Å²) in [5.74, 6) is 0.101. The molecular weight excluding hydrogens is 388 g/mol. The zero-order valence-electron chi connectivity index (χ0n) is 16.8. The van der Waals surface area contributed by atoms with Crippen LogP contribution in [0.4, 0.5) is 11.4 Å². The molecule has 0 N–H and O–H groups in total. The molecule has 2 aromatic carbocycles. The molecule has 2 aliphatic rings. The Morgan fingerprint density at radius 3 is 2.31 bits per heavy atom. The molecule has 2 amide bonds. The van der Waals surface area contributed by atoms with E-state index in [-0.39, 0.29) is 28.7 Å².